The van der Waals surface area contributed by atoms with Crippen molar-refractivity contribution < 1.29 is 0 Å². The second-order valence-corrected chi connectivity index (χ2v) is 6.18. The Balaban J connectivity index is 1.95. The Morgan fingerprint density at radius 3 is 2.75 bits per heavy atom. The van der Waals surface area contributed by atoms with Crippen molar-refractivity contribution in [2.75, 3.05) is 6.54 Å². The van der Waals surface area contributed by atoms with E-state index in [1.807, 2.05) is 11.3 Å². The second-order valence-electron chi connectivity index (χ2n) is 5.24. The average Bonchev–Trinajstić information content (AvgIpc) is 2.59. The van der Waals surface area contributed by atoms with Gasteiger partial charge in [0, 0.05) is 17.7 Å². The zero-order valence-electron chi connectivity index (χ0n) is 10.3. The maximum absolute atomic E-state index is 5.80. The summed E-state index contributed by atoms with van der Waals surface area (Å²) in [6.45, 7) is 5.27. The molecule has 2 rings (SSSR count). The Morgan fingerprint density at radius 2 is 2.25 bits per heavy atom. The quantitative estimate of drug-likeness (QED) is 0.855. The van der Waals surface area contributed by atoms with Crippen LogP contribution in [-0.4, -0.2) is 11.5 Å². The van der Waals surface area contributed by atoms with E-state index in [2.05, 4.69) is 19.2 Å². The molecule has 3 heteroatoms. The Morgan fingerprint density at radius 1 is 1.50 bits per heavy atom. The summed E-state index contributed by atoms with van der Waals surface area (Å²) < 4.78 is 0. The fourth-order valence-corrected chi connectivity index (χ4v) is 3.10. The zero-order valence-corrected chi connectivity index (χ0v) is 11.1. The minimum Gasteiger partial charge on any atom is -0.330 e. The summed E-state index contributed by atoms with van der Waals surface area (Å²) in [5.74, 6) is 2.00. The van der Waals surface area contributed by atoms with Gasteiger partial charge in [-0.1, -0.05) is 20.3 Å². The molecule has 1 aromatic heterocycles. The fourth-order valence-electron chi connectivity index (χ4n) is 2.13. The third-order valence-electron chi connectivity index (χ3n) is 3.78. The Kier molecular flexibility index (Phi) is 3.98. The molecule has 0 spiro atoms. The first-order valence-corrected chi connectivity index (χ1v) is 7.23. The molecule has 0 saturated heterocycles. The van der Waals surface area contributed by atoms with E-state index in [0.29, 0.717) is 11.8 Å². The highest BCUT2D eigenvalue weighted by molar-refractivity contribution is 7.09. The van der Waals surface area contributed by atoms with Crippen LogP contribution in [0.3, 0.4) is 0 Å². The lowest BCUT2D eigenvalue weighted by Gasteiger charge is -2.23. The van der Waals surface area contributed by atoms with Crippen LogP contribution in [-0.2, 0) is 6.42 Å². The third-order valence-corrected chi connectivity index (χ3v) is 4.66. The molecule has 1 heterocycles. The van der Waals surface area contributed by atoms with Gasteiger partial charge in [-0.3, -0.25) is 0 Å². The number of nitrogens with zero attached hydrogens (tertiary/aromatic N) is 1. The van der Waals surface area contributed by atoms with Gasteiger partial charge in [0.1, 0.15) is 0 Å². The Bertz CT molecular complexity index is 328. The fraction of sp³-hybridized carbons (Fsp3) is 0.769. The summed E-state index contributed by atoms with van der Waals surface area (Å²) in [6, 6.07) is 0. The van der Waals surface area contributed by atoms with E-state index in [0.717, 1.165) is 18.9 Å². The van der Waals surface area contributed by atoms with E-state index < -0.39 is 0 Å². The number of rotatable bonds is 5. The van der Waals surface area contributed by atoms with Gasteiger partial charge in [0.25, 0.3) is 0 Å². The van der Waals surface area contributed by atoms with Crippen molar-refractivity contribution in [3.63, 3.8) is 0 Å². The number of nitrogens with two attached hydrogens (primary N) is 1. The lowest BCUT2D eigenvalue weighted by molar-refractivity contribution is 0.388. The van der Waals surface area contributed by atoms with Crippen molar-refractivity contribution in [1.82, 2.24) is 4.98 Å². The lowest BCUT2D eigenvalue weighted by atomic mass is 9.83. The highest BCUT2D eigenvalue weighted by Gasteiger charge is 2.22. The van der Waals surface area contributed by atoms with Gasteiger partial charge >= 0.3 is 0 Å². The van der Waals surface area contributed by atoms with Crippen LogP contribution < -0.4 is 5.73 Å². The van der Waals surface area contributed by atoms with Gasteiger partial charge < -0.3 is 5.73 Å². The van der Waals surface area contributed by atoms with Crippen molar-refractivity contribution >= 4 is 11.3 Å². The van der Waals surface area contributed by atoms with Crippen molar-refractivity contribution in [2.45, 2.75) is 45.4 Å². The van der Waals surface area contributed by atoms with Crippen LogP contribution in [0.25, 0.3) is 0 Å². The molecule has 1 saturated carbocycles. The van der Waals surface area contributed by atoms with Crippen molar-refractivity contribution in [3.05, 3.63) is 16.1 Å². The molecule has 16 heavy (non-hydrogen) atoms. The van der Waals surface area contributed by atoms with Crippen LogP contribution in [0.4, 0.5) is 0 Å². The Labute approximate surface area is 102 Å². The predicted octanol–water partition coefficient (Wildman–Crippen LogP) is 3.18. The molecule has 0 amide bonds. The summed E-state index contributed by atoms with van der Waals surface area (Å²) in [7, 11) is 0. The largest absolute Gasteiger partial charge is 0.330 e. The summed E-state index contributed by atoms with van der Waals surface area (Å²) >= 11 is 1.82. The van der Waals surface area contributed by atoms with E-state index in [4.69, 9.17) is 10.7 Å². The van der Waals surface area contributed by atoms with E-state index in [1.54, 1.807) is 0 Å². The van der Waals surface area contributed by atoms with Gasteiger partial charge in [0.05, 0.1) is 10.7 Å². The monoisotopic (exact) mass is 238 g/mol. The van der Waals surface area contributed by atoms with Crippen LogP contribution in [0.15, 0.2) is 5.38 Å². The number of hydrogen-bond acceptors (Lipinski definition) is 3. The minimum absolute atomic E-state index is 0.584. The Hall–Kier alpha value is -0.410. The summed E-state index contributed by atoms with van der Waals surface area (Å²) in [5.41, 5.74) is 7.14. The smallest absolute Gasteiger partial charge is 0.0931 e. The molecule has 1 aromatic rings. The standard InChI is InChI=1S/C13H22N2S/c1-9(2)11(7-14)6-13-15-12(8-16-13)10-4-3-5-10/h8-11H,3-7,14H2,1-2H3. The van der Waals surface area contributed by atoms with E-state index in [-0.39, 0.29) is 0 Å². The topological polar surface area (TPSA) is 38.9 Å². The molecule has 90 valence electrons. The number of thiazole rings is 1. The van der Waals surface area contributed by atoms with Crippen LogP contribution >= 0.6 is 11.3 Å². The SMILES string of the molecule is CC(C)C(CN)Cc1nc(C2CCC2)cs1. The first kappa shape index (κ1) is 12.1. The molecule has 2 nitrogen and oxygen atoms in total. The molecule has 0 radical (unpaired) electrons. The maximum atomic E-state index is 5.80. The molecular weight excluding hydrogens is 216 g/mol. The minimum atomic E-state index is 0.584. The first-order chi connectivity index (χ1) is 7.70. The number of hydrogen-bond donors (Lipinski definition) is 1. The van der Waals surface area contributed by atoms with Crippen molar-refractivity contribution in [1.29, 1.82) is 0 Å². The van der Waals surface area contributed by atoms with E-state index in [1.165, 1.54) is 30.0 Å². The molecule has 1 unspecified atom stereocenters. The van der Waals surface area contributed by atoms with Gasteiger partial charge in [0.2, 0.25) is 0 Å². The first-order valence-electron chi connectivity index (χ1n) is 6.35. The van der Waals surface area contributed by atoms with E-state index in [9.17, 15) is 0 Å². The molecular formula is C13H22N2S. The highest BCUT2D eigenvalue weighted by Crippen LogP contribution is 2.36. The summed E-state index contributed by atoms with van der Waals surface area (Å²) in [5, 5.41) is 3.54. The van der Waals surface area contributed by atoms with Crippen LogP contribution in [0, 0.1) is 11.8 Å². The zero-order chi connectivity index (χ0) is 11.5. The normalized spacial score (nSPS) is 18.8. The molecule has 2 N–H and O–H groups in total. The second kappa shape index (κ2) is 5.28. The lowest BCUT2D eigenvalue weighted by Crippen LogP contribution is -2.22. The molecule has 1 fully saturated rings. The number of aromatic nitrogens is 1. The summed E-state index contributed by atoms with van der Waals surface area (Å²) in [4.78, 5) is 4.77. The van der Waals surface area contributed by atoms with Gasteiger partial charge in [-0.05, 0) is 31.2 Å². The summed E-state index contributed by atoms with van der Waals surface area (Å²) in [6.07, 6.45) is 5.13. The molecule has 0 aromatic carbocycles. The third kappa shape index (κ3) is 2.64. The highest BCUT2D eigenvalue weighted by atomic mass is 32.1. The maximum Gasteiger partial charge on any atom is 0.0931 e. The van der Waals surface area contributed by atoms with Crippen molar-refractivity contribution in [2.24, 2.45) is 17.6 Å². The van der Waals surface area contributed by atoms with Gasteiger partial charge in [-0.15, -0.1) is 11.3 Å². The van der Waals surface area contributed by atoms with Gasteiger partial charge in [-0.2, -0.15) is 0 Å². The molecule has 1 atom stereocenters. The molecule has 1 aliphatic rings. The van der Waals surface area contributed by atoms with Gasteiger partial charge in [0.15, 0.2) is 0 Å². The van der Waals surface area contributed by atoms with Crippen molar-refractivity contribution in [3.8, 4) is 0 Å². The van der Waals surface area contributed by atoms with Crippen LogP contribution in [0.5, 0.6) is 0 Å². The average molecular weight is 238 g/mol. The van der Waals surface area contributed by atoms with Crippen LogP contribution in [0.2, 0.25) is 0 Å². The molecule has 0 aliphatic heterocycles. The van der Waals surface area contributed by atoms with Gasteiger partial charge in [-0.25, -0.2) is 4.98 Å². The van der Waals surface area contributed by atoms with E-state index >= 15 is 0 Å². The van der Waals surface area contributed by atoms with Crippen LogP contribution in [0.1, 0.15) is 49.7 Å². The predicted molar refractivity (Wildman–Crippen MR) is 69.8 cm³/mol. The molecule has 0 bridgehead atoms. The molecule has 1 aliphatic carbocycles.